The van der Waals surface area contributed by atoms with Gasteiger partial charge in [0.25, 0.3) is 5.69 Å². The predicted molar refractivity (Wildman–Crippen MR) is 70.7 cm³/mol. The van der Waals surface area contributed by atoms with E-state index in [9.17, 15) is 10.1 Å². The standard InChI is InChI=1S/C13H19NO5/c1-18-12-7-6-11(14(16)17)10-13(12)19-9-5-3-2-4-8-15/h6-7,10,15H,2-5,8-9H2,1H3. The van der Waals surface area contributed by atoms with Gasteiger partial charge in [-0.2, -0.15) is 0 Å². The number of aliphatic hydroxyl groups is 1. The van der Waals surface area contributed by atoms with Crippen LogP contribution in [0.3, 0.4) is 0 Å². The molecule has 0 spiro atoms. The highest BCUT2D eigenvalue weighted by molar-refractivity contribution is 5.48. The molecule has 0 aliphatic rings. The van der Waals surface area contributed by atoms with E-state index < -0.39 is 4.92 Å². The number of rotatable bonds is 9. The summed E-state index contributed by atoms with van der Waals surface area (Å²) in [5.41, 5.74) is -0.0175. The lowest BCUT2D eigenvalue weighted by Gasteiger charge is -2.10. The Morgan fingerprint density at radius 2 is 1.95 bits per heavy atom. The summed E-state index contributed by atoms with van der Waals surface area (Å²) >= 11 is 0. The summed E-state index contributed by atoms with van der Waals surface area (Å²) in [7, 11) is 1.50. The zero-order chi connectivity index (χ0) is 14.1. The zero-order valence-corrected chi connectivity index (χ0v) is 11.0. The van der Waals surface area contributed by atoms with E-state index in [0.29, 0.717) is 18.1 Å². The van der Waals surface area contributed by atoms with E-state index >= 15 is 0 Å². The normalized spacial score (nSPS) is 10.2. The van der Waals surface area contributed by atoms with Crippen molar-refractivity contribution >= 4 is 5.69 Å². The van der Waals surface area contributed by atoms with Crippen LogP contribution in [0.4, 0.5) is 5.69 Å². The van der Waals surface area contributed by atoms with Gasteiger partial charge >= 0.3 is 0 Å². The van der Waals surface area contributed by atoms with Gasteiger partial charge in [0.1, 0.15) is 0 Å². The van der Waals surface area contributed by atoms with E-state index in [1.807, 2.05) is 0 Å². The topological polar surface area (TPSA) is 81.8 Å². The van der Waals surface area contributed by atoms with E-state index in [-0.39, 0.29) is 12.3 Å². The van der Waals surface area contributed by atoms with Crippen LogP contribution in [0.2, 0.25) is 0 Å². The van der Waals surface area contributed by atoms with Gasteiger partial charge < -0.3 is 14.6 Å². The maximum Gasteiger partial charge on any atom is 0.273 e. The monoisotopic (exact) mass is 269 g/mol. The molecule has 1 rings (SSSR count). The lowest BCUT2D eigenvalue weighted by molar-refractivity contribution is -0.385. The van der Waals surface area contributed by atoms with E-state index in [1.165, 1.54) is 25.3 Å². The van der Waals surface area contributed by atoms with Gasteiger partial charge in [-0.3, -0.25) is 10.1 Å². The summed E-state index contributed by atoms with van der Waals surface area (Å²) in [5, 5.41) is 19.3. The first-order valence-electron chi connectivity index (χ1n) is 6.25. The van der Waals surface area contributed by atoms with Crippen molar-refractivity contribution in [2.24, 2.45) is 0 Å². The van der Waals surface area contributed by atoms with Crippen molar-refractivity contribution in [3.05, 3.63) is 28.3 Å². The largest absolute Gasteiger partial charge is 0.493 e. The van der Waals surface area contributed by atoms with Crippen LogP contribution in [0, 0.1) is 10.1 Å². The van der Waals surface area contributed by atoms with E-state index in [0.717, 1.165) is 25.7 Å². The molecule has 106 valence electrons. The van der Waals surface area contributed by atoms with Crippen molar-refractivity contribution in [2.45, 2.75) is 25.7 Å². The Labute approximate surface area is 112 Å². The second-order valence-electron chi connectivity index (χ2n) is 4.08. The second-order valence-corrected chi connectivity index (χ2v) is 4.08. The molecular weight excluding hydrogens is 250 g/mol. The average molecular weight is 269 g/mol. The Balaban J connectivity index is 2.50. The van der Waals surface area contributed by atoms with E-state index in [2.05, 4.69) is 0 Å². The molecule has 1 aromatic rings. The number of aliphatic hydroxyl groups excluding tert-OH is 1. The highest BCUT2D eigenvalue weighted by Gasteiger charge is 2.12. The maximum absolute atomic E-state index is 10.7. The number of ether oxygens (including phenoxy) is 2. The van der Waals surface area contributed by atoms with Gasteiger partial charge in [0.2, 0.25) is 0 Å². The fourth-order valence-electron chi connectivity index (χ4n) is 1.64. The lowest BCUT2D eigenvalue weighted by Crippen LogP contribution is -2.00. The molecule has 6 nitrogen and oxygen atoms in total. The molecule has 0 heterocycles. The highest BCUT2D eigenvalue weighted by Crippen LogP contribution is 2.31. The summed E-state index contributed by atoms with van der Waals surface area (Å²) < 4.78 is 10.6. The Hall–Kier alpha value is -1.82. The number of methoxy groups -OCH3 is 1. The van der Waals surface area contributed by atoms with Gasteiger partial charge in [0.15, 0.2) is 11.5 Å². The molecule has 0 bridgehead atoms. The average Bonchev–Trinajstić information content (AvgIpc) is 2.42. The van der Waals surface area contributed by atoms with Crippen LogP contribution < -0.4 is 9.47 Å². The van der Waals surface area contributed by atoms with Crippen molar-refractivity contribution in [2.75, 3.05) is 20.3 Å². The predicted octanol–water partition coefficient (Wildman–Crippen LogP) is 2.53. The summed E-state index contributed by atoms with van der Waals surface area (Å²) in [6.45, 7) is 0.683. The van der Waals surface area contributed by atoms with Crippen LogP contribution in [0.1, 0.15) is 25.7 Å². The van der Waals surface area contributed by atoms with Crippen molar-refractivity contribution in [3.8, 4) is 11.5 Å². The molecule has 0 saturated heterocycles. The second kappa shape index (κ2) is 8.31. The van der Waals surface area contributed by atoms with Crippen molar-refractivity contribution in [1.29, 1.82) is 0 Å². The fourth-order valence-corrected chi connectivity index (χ4v) is 1.64. The van der Waals surface area contributed by atoms with Crippen molar-refractivity contribution < 1.29 is 19.5 Å². The van der Waals surface area contributed by atoms with Crippen molar-refractivity contribution in [1.82, 2.24) is 0 Å². The Kier molecular flexibility index (Phi) is 6.67. The first kappa shape index (κ1) is 15.2. The van der Waals surface area contributed by atoms with Gasteiger partial charge in [-0.05, 0) is 25.3 Å². The molecule has 0 fully saturated rings. The molecule has 0 aliphatic carbocycles. The van der Waals surface area contributed by atoms with Crippen LogP contribution in [0.5, 0.6) is 11.5 Å². The van der Waals surface area contributed by atoms with Gasteiger partial charge in [0.05, 0.1) is 24.7 Å². The summed E-state index contributed by atoms with van der Waals surface area (Å²) in [4.78, 5) is 10.2. The molecule has 0 saturated carbocycles. The van der Waals surface area contributed by atoms with Crippen LogP contribution in [0.25, 0.3) is 0 Å². The number of nitro groups is 1. The molecular formula is C13H19NO5. The number of nitro benzene ring substituents is 1. The molecule has 0 amide bonds. The van der Waals surface area contributed by atoms with E-state index in [4.69, 9.17) is 14.6 Å². The first-order valence-corrected chi connectivity index (χ1v) is 6.25. The summed E-state index contributed by atoms with van der Waals surface area (Å²) in [6.07, 6.45) is 3.54. The van der Waals surface area contributed by atoms with Crippen molar-refractivity contribution in [3.63, 3.8) is 0 Å². The molecule has 6 heteroatoms. The van der Waals surface area contributed by atoms with Gasteiger partial charge in [-0.15, -0.1) is 0 Å². The lowest BCUT2D eigenvalue weighted by atomic mass is 10.2. The number of hydrogen-bond acceptors (Lipinski definition) is 5. The highest BCUT2D eigenvalue weighted by atomic mass is 16.6. The molecule has 19 heavy (non-hydrogen) atoms. The van der Waals surface area contributed by atoms with Crippen LogP contribution in [0.15, 0.2) is 18.2 Å². The molecule has 0 aliphatic heterocycles. The number of nitrogens with zero attached hydrogens (tertiary/aromatic N) is 1. The molecule has 0 atom stereocenters. The smallest absolute Gasteiger partial charge is 0.273 e. The minimum atomic E-state index is -0.465. The third-order valence-electron chi connectivity index (χ3n) is 2.67. The summed E-state index contributed by atoms with van der Waals surface area (Å²) in [6, 6.07) is 4.28. The minimum Gasteiger partial charge on any atom is -0.493 e. The van der Waals surface area contributed by atoms with Gasteiger partial charge in [0, 0.05) is 12.7 Å². The number of hydrogen-bond donors (Lipinski definition) is 1. The quantitative estimate of drug-likeness (QED) is 0.423. The molecule has 0 aromatic heterocycles. The fraction of sp³-hybridized carbons (Fsp3) is 0.538. The Morgan fingerprint density at radius 3 is 2.58 bits per heavy atom. The molecule has 0 radical (unpaired) electrons. The molecule has 0 unspecified atom stereocenters. The number of non-ortho nitro benzene ring substituents is 1. The number of unbranched alkanes of at least 4 members (excludes halogenated alkanes) is 3. The third kappa shape index (κ3) is 5.13. The minimum absolute atomic E-state index is 0.0175. The summed E-state index contributed by atoms with van der Waals surface area (Å²) in [5.74, 6) is 0.875. The van der Waals surface area contributed by atoms with Gasteiger partial charge in [-0.1, -0.05) is 6.42 Å². The Bertz CT molecular complexity index is 408. The zero-order valence-electron chi connectivity index (χ0n) is 11.0. The third-order valence-corrected chi connectivity index (χ3v) is 2.67. The van der Waals surface area contributed by atoms with Gasteiger partial charge in [-0.25, -0.2) is 0 Å². The molecule has 1 N–H and O–H groups in total. The van der Waals surface area contributed by atoms with Crippen LogP contribution in [-0.2, 0) is 0 Å². The molecule has 1 aromatic carbocycles. The number of benzene rings is 1. The van der Waals surface area contributed by atoms with Crippen LogP contribution >= 0.6 is 0 Å². The first-order chi connectivity index (χ1) is 9.19. The SMILES string of the molecule is COc1ccc([N+](=O)[O-])cc1OCCCCCCO. The Morgan fingerprint density at radius 1 is 1.21 bits per heavy atom. The van der Waals surface area contributed by atoms with E-state index in [1.54, 1.807) is 0 Å². The van der Waals surface area contributed by atoms with Crippen LogP contribution in [-0.4, -0.2) is 30.4 Å². The maximum atomic E-state index is 10.7.